The summed E-state index contributed by atoms with van der Waals surface area (Å²) in [5.74, 6) is 0.171. The van der Waals surface area contributed by atoms with E-state index in [1.165, 1.54) is 0 Å². The molecule has 1 heterocycles. The van der Waals surface area contributed by atoms with E-state index in [4.69, 9.17) is 11.6 Å². The number of aliphatic hydroxyl groups excluding tert-OH is 1. The minimum Gasteiger partial charge on any atom is -0.396 e. The third-order valence-electron chi connectivity index (χ3n) is 5.07. The second kappa shape index (κ2) is 7.47. The molecule has 1 aliphatic heterocycles. The Morgan fingerprint density at radius 3 is 2.64 bits per heavy atom. The van der Waals surface area contributed by atoms with Crippen molar-refractivity contribution < 1.29 is 9.90 Å². The molecule has 4 heteroatoms. The maximum Gasteiger partial charge on any atom is 0.225 e. The van der Waals surface area contributed by atoms with Crippen molar-refractivity contribution in [2.45, 2.75) is 39.5 Å². The molecule has 1 atom stereocenters. The van der Waals surface area contributed by atoms with Gasteiger partial charge in [0.15, 0.2) is 0 Å². The van der Waals surface area contributed by atoms with Crippen molar-refractivity contribution in [1.29, 1.82) is 0 Å². The summed E-state index contributed by atoms with van der Waals surface area (Å²) < 4.78 is 0. The second-order valence-electron chi connectivity index (χ2n) is 6.57. The maximum atomic E-state index is 12.6. The van der Waals surface area contributed by atoms with E-state index in [2.05, 4.69) is 6.92 Å². The van der Waals surface area contributed by atoms with E-state index in [9.17, 15) is 9.90 Å². The van der Waals surface area contributed by atoms with Crippen LogP contribution in [0.1, 0.15) is 38.7 Å². The normalized spacial score (nSPS) is 19.0. The molecule has 122 valence electrons. The largest absolute Gasteiger partial charge is 0.396 e. The van der Waals surface area contributed by atoms with Gasteiger partial charge in [0.2, 0.25) is 5.91 Å². The van der Waals surface area contributed by atoms with Crippen LogP contribution < -0.4 is 0 Å². The highest BCUT2D eigenvalue weighted by atomic mass is 35.5. The lowest BCUT2D eigenvalue weighted by atomic mass is 9.77. The van der Waals surface area contributed by atoms with Gasteiger partial charge in [-0.15, -0.1) is 0 Å². The zero-order chi connectivity index (χ0) is 16.2. The summed E-state index contributed by atoms with van der Waals surface area (Å²) in [6.45, 7) is 5.84. The first kappa shape index (κ1) is 17.3. The molecule has 1 saturated heterocycles. The van der Waals surface area contributed by atoms with Crippen molar-refractivity contribution in [2.75, 3.05) is 19.7 Å². The van der Waals surface area contributed by atoms with E-state index in [0.29, 0.717) is 5.02 Å². The number of benzene rings is 1. The molecule has 1 unspecified atom stereocenters. The number of amides is 1. The standard InChI is InChI=1S/C18H26ClNO2/c1-3-18(13-21)7-9-20(10-8-18)17(22)14(2)11-15-5-4-6-16(19)12-15/h4-6,12,14,21H,3,7-11,13H2,1-2H3. The van der Waals surface area contributed by atoms with Crippen molar-refractivity contribution in [1.82, 2.24) is 4.90 Å². The molecule has 0 radical (unpaired) electrons. The Labute approximate surface area is 138 Å². The highest BCUT2D eigenvalue weighted by Gasteiger charge is 2.34. The van der Waals surface area contributed by atoms with Crippen LogP contribution in [0.15, 0.2) is 24.3 Å². The fourth-order valence-corrected chi connectivity index (χ4v) is 3.45. The third-order valence-corrected chi connectivity index (χ3v) is 5.31. The molecular weight excluding hydrogens is 298 g/mol. The minimum atomic E-state index is -0.0401. The molecule has 1 aromatic rings. The second-order valence-corrected chi connectivity index (χ2v) is 7.01. The smallest absolute Gasteiger partial charge is 0.225 e. The van der Waals surface area contributed by atoms with E-state index in [1.54, 1.807) is 0 Å². The number of rotatable bonds is 5. The Morgan fingerprint density at radius 2 is 2.09 bits per heavy atom. The van der Waals surface area contributed by atoms with Crippen LogP contribution in [0.4, 0.5) is 0 Å². The van der Waals surface area contributed by atoms with Gasteiger partial charge in [-0.25, -0.2) is 0 Å². The number of aliphatic hydroxyl groups is 1. The van der Waals surface area contributed by atoms with E-state index in [-0.39, 0.29) is 23.8 Å². The van der Waals surface area contributed by atoms with Gasteiger partial charge < -0.3 is 10.0 Å². The number of hydrogen-bond acceptors (Lipinski definition) is 2. The van der Waals surface area contributed by atoms with Crippen LogP contribution in [0.3, 0.4) is 0 Å². The summed E-state index contributed by atoms with van der Waals surface area (Å²) in [5.41, 5.74) is 1.12. The molecule has 1 aromatic carbocycles. The molecule has 2 rings (SSSR count). The zero-order valence-electron chi connectivity index (χ0n) is 13.5. The predicted molar refractivity (Wildman–Crippen MR) is 89.9 cm³/mol. The number of halogens is 1. The number of carbonyl (C=O) groups excluding carboxylic acids is 1. The van der Waals surface area contributed by atoms with Crippen LogP contribution in [0.5, 0.6) is 0 Å². The van der Waals surface area contributed by atoms with E-state index in [1.807, 2.05) is 36.1 Å². The summed E-state index contributed by atoms with van der Waals surface area (Å²) in [5, 5.41) is 10.3. The minimum absolute atomic E-state index is 0.0208. The highest BCUT2D eigenvalue weighted by molar-refractivity contribution is 6.30. The first-order chi connectivity index (χ1) is 10.5. The molecule has 22 heavy (non-hydrogen) atoms. The lowest BCUT2D eigenvalue weighted by molar-refractivity contribution is -0.138. The Hall–Kier alpha value is -1.06. The highest BCUT2D eigenvalue weighted by Crippen LogP contribution is 2.34. The van der Waals surface area contributed by atoms with Gasteiger partial charge in [-0.1, -0.05) is 37.6 Å². The fraction of sp³-hybridized carbons (Fsp3) is 0.611. The van der Waals surface area contributed by atoms with Gasteiger partial charge in [0.1, 0.15) is 0 Å². The summed E-state index contributed by atoms with van der Waals surface area (Å²) in [7, 11) is 0. The van der Waals surface area contributed by atoms with Crippen LogP contribution >= 0.6 is 11.6 Å². The SMILES string of the molecule is CCC1(CO)CCN(C(=O)C(C)Cc2cccc(Cl)c2)CC1. The van der Waals surface area contributed by atoms with E-state index in [0.717, 1.165) is 44.3 Å². The maximum absolute atomic E-state index is 12.6. The molecule has 0 aromatic heterocycles. The summed E-state index contributed by atoms with van der Waals surface area (Å²) in [6.07, 6.45) is 3.49. The Bertz CT molecular complexity index is 504. The summed E-state index contributed by atoms with van der Waals surface area (Å²) in [6, 6.07) is 7.71. The molecule has 1 N–H and O–H groups in total. The monoisotopic (exact) mass is 323 g/mol. The molecule has 0 saturated carbocycles. The van der Waals surface area contributed by atoms with Gasteiger partial charge in [0, 0.05) is 30.6 Å². The zero-order valence-corrected chi connectivity index (χ0v) is 14.3. The van der Waals surface area contributed by atoms with Gasteiger partial charge >= 0.3 is 0 Å². The van der Waals surface area contributed by atoms with E-state index < -0.39 is 0 Å². The molecule has 0 spiro atoms. The van der Waals surface area contributed by atoms with Gasteiger partial charge in [0.05, 0.1) is 0 Å². The number of carbonyl (C=O) groups is 1. The molecule has 0 aliphatic carbocycles. The van der Waals surface area contributed by atoms with Crippen molar-refractivity contribution in [3.05, 3.63) is 34.9 Å². The third kappa shape index (κ3) is 4.02. The van der Waals surface area contributed by atoms with Crippen molar-refractivity contribution in [2.24, 2.45) is 11.3 Å². The molecule has 1 aliphatic rings. The summed E-state index contributed by atoms with van der Waals surface area (Å²) in [4.78, 5) is 14.6. The summed E-state index contributed by atoms with van der Waals surface area (Å²) >= 11 is 6.00. The quantitative estimate of drug-likeness (QED) is 0.900. The number of likely N-dealkylation sites (tertiary alicyclic amines) is 1. The van der Waals surface area contributed by atoms with Crippen LogP contribution in [0.2, 0.25) is 5.02 Å². The number of piperidine rings is 1. The topological polar surface area (TPSA) is 40.5 Å². The van der Waals surface area contributed by atoms with Crippen LogP contribution in [0, 0.1) is 11.3 Å². The predicted octanol–water partition coefficient (Wildman–Crippen LogP) is 3.53. The Kier molecular flexibility index (Phi) is 5.87. The van der Waals surface area contributed by atoms with Crippen molar-refractivity contribution >= 4 is 17.5 Å². The Morgan fingerprint density at radius 1 is 1.41 bits per heavy atom. The molecule has 1 amide bonds. The van der Waals surface area contributed by atoms with Crippen molar-refractivity contribution in [3.8, 4) is 0 Å². The molecule has 3 nitrogen and oxygen atoms in total. The van der Waals surface area contributed by atoms with Gasteiger partial charge in [-0.05, 0) is 48.8 Å². The first-order valence-electron chi connectivity index (χ1n) is 8.14. The molecular formula is C18H26ClNO2. The lowest BCUT2D eigenvalue weighted by Gasteiger charge is -2.41. The van der Waals surface area contributed by atoms with Gasteiger partial charge in [-0.3, -0.25) is 4.79 Å². The average Bonchev–Trinajstić information content (AvgIpc) is 2.54. The van der Waals surface area contributed by atoms with Crippen LogP contribution in [-0.2, 0) is 11.2 Å². The van der Waals surface area contributed by atoms with E-state index >= 15 is 0 Å². The van der Waals surface area contributed by atoms with Crippen molar-refractivity contribution in [3.63, 3.8) is 0 Å². The number of nitrogens with zero attached hydrogens (tertiary/aromatic N) is 1. The lowest BCUT2D eigenvalue weighted by Crippen LogP contribution is -2.46. The first-order valence-corrected chi connectivity index (χ1v) is 8.51. The van der Waals surface area contributed by atoms with Crippen LogP contribution in [-0.4, -0.2) is 35.6 Å². The van der Waals surface area contributed by atoms with Gasteiger partial charge in [-0.2, -0.15) is 0 Å². The molecule has 0 bridgehead atoms. The van der Waals surface area contributed by atoms with Crippen LogP contribution in [0.25, 0.3) is 0 Å². The van der Waals surface area contributed by atoms with Gasteiger partial charge in [0.25, 0.3) is 0 Å². The fourth-order valence-electron chi connectivity index (χ4n) is 3.24. The Balaban J connectivity index is 1.92. The molecule has 1 fully saturated rings. The average molecular weight is 324 g/mol. The number of hydrogen-bond donors (Lipinski definition) is 1.